The van der Waals surface area contributed by atoms with E-state index >= 15 is 0 Å². The van der Waals surface area contributed by atoms with Crippen molar-refractivity contribution in [2.75, 3.05) is 0 Å². The first kappa shape index (κ1) is 17.9. The molecule has 4 aromatic carbocycles. The molecule has 4 aromatic rings. The van der Waals surface area contributed by atoms with Crippen LogP contribution in [0.5, 0.6) is 0 Å². The van der Waals surface area contributed by atoms with Gasteiger partial charge in [-0.25, -0.2) is 0 Å². The predicted molar refractivity (Wildman–Crippen MR) is 123 cm³/mol. The average Bonchev–Trinajstić information content (AvgIpc) is 3.36. The molecule has 0 aliphatic heterocycles. The lowest BCUT2D eigenvalue weighted by Crippen LogP contribution is -2.27. The van der Waals surface area contributed by atoms with Crippen LogP contribution in [0, 0.1) is 0 Å². The van der Waals surface area contributed by atoms with Crippen molar-refractivity contribution in [2.24, 2.45) is 0 Å². The number of halogens is 1. The van der Waals surface area contributed by atoms with E-state index in [0.717, 1.165) is 51.8 Å². The number of benzene rings is 4. The summed E-state index contributed by atoms with van der Waals surface area (Å²) in [6, 6.07) is 28.9. The molecule has 6 rings (SSSR count). The van der Waals surface area contributed by atoms with E-state index in [1.165, 1.54) is 17.5 Å². The maximum Gasteiger partial charge on any atom is 0.142 e. The third-order valence-corrected chi connectivity index (χ3v) is 6.94. The second-order valence-electron chi connectivity index (χ2n) is 8.33. The second-order valence-corrected chi connectivity index (χ2v) is 8.76. The van der Waals surface area contributed by atoms with E-state index in [0.29, 0.717) is 5.02 Å². The summed E-state index contributed by atoms with van der Waals surface area (Å²) in [5.41, 5.74) is 8.62. The highest BCUT2D eigenvalue weighted by Crippen LogP contribution is 2.53. The highest BCUT2D eigenvalue weighted by atomic mass is 35.5. The molecule has 0 radical (unpaired) electrons. The average molecular weight is 409 g/mol. The highest BCUT2D eigenvalue weighted by molar-refractivity contribution is 6.30. The normalized spacial score (nSPS) is 15.5. The van der Waals surface area contributed by atoms with E-state index in [1.807, 2.05) is 48.5 Å². The molecule has 30 heavy (non-hydrogen) atoms. The Kier molecular flexibility index (Phi) is 3.93. The summed E-state index contributed by atoms with van der Waals surface area (Å²) >= 11 is 6.48. The zero-order valence-corrected chi connectivity index (χ0v) is 17.3. The van der Waals surface area contributed by atoms with Gasteiger partial charge in [0.1, 0.15) is 5.60 Å². The Morgan fingerprint density at radius 3 is 2.03 bits per heavy atom. The van der Waals surface area contributed by atoms with Gasteiger partial charge in [-0.15, -0.1) is 0 Å². The van der Waals surface area contributed by atoms with Crippen LogP contribution in [0.2, 0.25) is 5.02 Å². The molecule has 2 heteroatoms. The topological polar surface area (TPSA) is 20.2 Å². The molecule has 146 valence electrons. The maximum atomic E-state index is 12.4. The first-order chi connectivity index (χ1) is 14.7. The Balaban J connectivity index is 1.65. The zero-order chi connectivity index (χ0) is 20.3. The van der Waals surface area contributed by atoms with E-state index in [4.69, 9.17) is 11.6 Å². The molecule has 0 saturated heterocycles. The summed E-state index contributed by atoms with van der Waals surface area (Å²) in [7, 11) is 0. The molecule has 0 fully saturated rings. The largest absolute Gasteiger partial charge is 0.376 e. The van der Waals surface area contributed by atoms with Crippen molar-refractivity contribution < 1.29 is 5.11 Å². The van der Waals surface area contributed by atoms with Crippen molar-refractivity contribution >= 4 is 11.6 Å². The summed E-state index contributed by atoms with van der Waals surface area (Å²) in [6.07, 6.45) is 3.51. The first-order valence-electron chi connectivity index (χ1n) is 10.5. The Labute approximate surface area is 181 Å². The molecule has 0 bridgehead atoms. The van der Waals surface area contributed by atoms with E-state index < -0.39 is 5.60 Å². The van der Waals surface area contributed by atoms with Gasteiger partial charge < -0.3 is 5.11 Å². The summed E-state index contributed by atoms with van der Waals surface area (Å²) in [5.74, 6) is 0. The van der Waals surface area contributed by atoms with Gasteiger partial charge in [0.2, 0.25) is 0 Å². The van der Waals surface area contributed by atoms with Crippen molar-refractivity contribution in [2.45, 2.75) is 24.9 Å². The van der Waals surface area contributed by atoms with Crippen molar-refractivity contribution in [3.8, 4) is 22.3 Å². The Hall–Kier alpha value is -2.87. The summed E-state index contributed by atoms with van der Waals surface area (Å²) in [6.45, 7) is 0. The summed E-state index contributed by atoms with van der Waals surface area (Å²) in [4.78, 5) is 0. The quantitative estimate of drug-likeness (QED) is 0.388. The van der Waals surface area contributed by atoms with Crippen LogP contribution in [-0.2, 0) is 18.4 Å². The van der Waals surface area contributed by atoms with E-state index in [2.05, 4.69) is 36.4 Å². The fraction of sp³-hybridized carbons (Fsp3) is 0.143. The van der Waals surface area contributed by atoms with Gasteiger partial charge >= 0.3 is 0 Å². The number of aliphatic hydroxyl groups is 1. The minimum atomic E-state index is -1.24. The van der Waals surface area contributed by atoms with Gasteiger partial charge in [0.05, 0.1) is 0 Å². The minimum absolute atomic E-state index is 0.630. The van der Waals surface area contributed by atoms with Crippen molar-refractivity contribution in [1.29, 1.82) is 0 Å². The third-order valence-electron chi connectivity index (χ3n) is 6.70. The van der Waals surface area contributed by atoms with E-state index in [-0.39, 0.29) is 0 Å². The fourth-order valence-electron chi connectivity index (χ4n) is 5.31. The van der Waals surface area contributed by atoms with Crippen LogP contribution in [0.25, 0.3) is 22.3 Å². The van der Waals surface area contributed by atoms with Crippen molar-refractivity contribution in [1.82, 2.24) is 0 Å². The molecule has 2 aliphatic rings. The highest BCUT2D eigenvalue weighted by Gasteiger charge is 2.44. The molecule has 0 unspecified atom stereocenters. The number of hydrogen-bond acceptors (Lipinski definition) is 1. The molecule has 1 N–H and O–H groups in total. The van der Waals surface area contributed by atoms with E-state index in [1.54, 1.807) is 0 Å². The molecule has 0 atom stereocenters. The molecule has 1 nitrogen and oxygen atoms in total. The zero-order valence-electron chi connectivity index (χ0n) is 16.5. The monoisotopic (exact) mass is 408 g/mol. The lowest BCUT2D eigenvalue weighted by molar-refractivity contribution is 0.131. The van der Waals surface area contributed by atoms with Gasteiger partial charge in [0, 0.05) is 21.7 Å². The molecule has 0 heterocycles. The van der Waals surface area contributed by atoms with Gasteiger partial charge in [-0.3, -0.25) is 0 Å². The van der Waals surface area contributed by atoms with Crippen LogP contribution < -0.4 is 0 Å². The predicted octanol–water partition coefficient (Wildman–Crippen LogP) is 6.76. The summed E-state index contributed by atoms with van der Waals surface area (Å²) in [5, 5.41) is 13.0. The molecule has 0 saturated carbocycles. The number of aryl methyl sites for hydroxylation is 2. The number of fused-ring (bicyclic) bond motifs is 4. The van der Waals surface area contributed by atoms with Gasteiger partial charge in [0.25, 0.3) is 0 Å². The van der Waals surface area contributed by atoms with Gasteiger partial charge in [-0.2, -0.15) is 0 Å². The fourth-order valence-corrected chi connectivity index (χ4v) is 5.48. The van der Waals surface area contributed by atoms with Gasteiger partial charge in [-0.1, -0.05) is 84.4 Å². The smallest absolute Gasteiger partial charge is 0.142 e. The van der Waals surface area contributed by atoms with Crippen LogP contribution >= 0.6 is 11.6 Å². The van der Waals surface area contributed by atoms with Crippen LogP contribution in [0.4, 0.5) is 0 Å². The van der Waals surface area contributed by atoms with Crippen molar-refractivity contribution in [3.63, 3.8) is 0 Å². The molecule has 2 aliphatic carbocycles. The minimum Gasteiger partial charge on any atom is -0.376 e. The lowest BCUT2D eigenvalue weighted by atomic mass is 9.80. The Bertz CT molecular complexity index is 1260. The van der Waals surface area contributed by atoms with Crippen LogP contribution in [0.1, 0.15) is 34.2 Å². The second kappa shape index (κ2) is 6.57. The molecule has 0 amide bonds. The van der Waals surface area contributed by atoms with Gasteiger partial charge in [0.15, 0.2) is 0 Å². The van der Waals surface area contributed by atoms with Crippen LogP contribution in [0.3, 0.4) is 0 Å². The summed E-state index contributed by atoms with van der Waals surface area (Å²) < 4.78 is 0. The van der Waals surface area contributed by atoms with Crippen molar-refractivity contribution in [3.05, 3.63) is 118 Å². The van der Waals surface area contributed by atoms with Crippen LogP contribution in [0.15, 0.2) is 84.9 Å². The molecular formula is C28H21ClO. The Morgan fingerprint density at radius 1 is 0.633 bits per heavy atom. The van der Waals surface area contributed by atoms with Crippen LogP contribution in [-0.4, -0.2) is 5.11 Å². The molecule has 0 spiro atoms. The maximum absolute atomic E-state index is 12.4. The molecular weight excluding hydrogens is 388 g/mol. The first-order valence-corrected chi connectivity index (χ1v) is 10.9. The van der Waals surface area contributed by atoms with Gasteiger partial charge in [-0.05, 0) is 64.8 Å². The Morgan fingerprint density at radius 2 is 1.30 bits per heavy atom. The SMILES string of the molecule is OC1(c2cc(Cl)ccc2-c2ccc3c(c2)CCC3)c2ccccc2-c2ccccc21. The number of hydrogen-bond donors (Lipinski definition) is 1. The molecule has 0 aromatic heterocycles. The standard InChI is InChI=1S/C28H21ClO/c29-21-14-15-22(20-13-12-18-6-5-7-19(18)16-20)27(17-21)28(30)25-10-3-1-8-23(25)24-9-2-4-11-26(24)28/h1-4,8-17,30H,5-7H2. The number of rotatable bonds is 2. The van der Waals surface area contributed by atoms with E-state index in [9.17, 15) is 5.11 Å². The third kappa shape index (κ3) is 2.46. The lowest BCUT2D eigenvalue weighted by Gasteiger charge is -2.29.